The van der Waals surface area contributed by atoms with Crippen LogP contribution in [0, 0.1) is 25.0 Å². The molecule has 5 aromatic carbocycles. The molecule has 0 N–H and O–H groups in total. The van der Waals surface area contributed by atoms with Gasteiger partial charge in [0.25, 0.3) is 0 Å². The molecule has 2 heterocycles. The average Bonchev–Trinajstić information content (AvgIpc) is 3.47. The first kappa shape index (κ1) is 26.0. The molecule has 2 aromatic heterocycles. The highest BCUT2D eigenvalue weighted by Crippen LogP contribution is 2.35. The zero-order valence-corrected chi connectivity index (χ0v) is 22.4. The first-order chi connectivity index (χ1) is 20.8. The molecule has 7 aromatic rings. The summed E-state index contributed by atoms with van der Waals surface area (Å²) in [5.74, 6) is 0. The molecular weight excluding hydrogens is 549 g/mol. The number of fused-ring (bicyclic) bond motifs is 6. The van der Waals surface area contributed by atoms with E-state index in [-0.39, 0.29) is 0 Å². The molecule has 0 saturated carbocycles. The van der Waals surface area contributed by atoms with Crippen molar-refractivity contribution in [3.63, 3.8) is 0 Å². The van der Waals surface area contributed by atoms with Gasteiger partial charge in [-0.2, -0.15) is 30.0 Å². The van der Waals surface area contributed by atoms with E-state index in [0.717, 1.165) is 60.6 Å². The topological polar surface area (TPSA) is 78.6 Å². The van der Waals surface area contributed by atoms with Crippen LogP contribution in [0.3, 0.4) is 0 Å². The molecule has 0 saturated heterocycles. The molecule has 0 spiro atoms. The van der Waals surface area contributed by atoms with Crippen LogP contribution in [0.4, 0.5) is 13.2 Å². The van der Waals surface area contributed by atoms with Crippen LogP contribution in [0.2, 0.25) is 0 Å². The van der Waals surface area contributed by atoms with Gasteiger partial charge < -0.3 is 0 Å². The number of nitrogens with zero attached hydrogens (tertiary/aromatic N) is 6. The van der Waals surface area contributed by atoms with Crippen molar-refractivity contribution in [3.8, 4) is 28.4 Å². The van der Waals surface area contributed by atoms with Gasteiger partial charge in [-0.3, -0.25) is 9.97 Å². The number of alkyl halides is 3. The van der Waals surface area contributed by atoms with E-state index in [1.807, 2.05) is 73.9 Å². The molecule has 0 atom stereocenters. The lowest BCUT2D eigenvalue weighted by Crippen LogP contribution is -2.07. The van der Waals surface area contributed by atoms with Crippen molar-refractivity contribution in [1.29, 1.82) is 5.26 Å². The number of benzene rings is 3. The Hall–Kier alpha value is -5.93. The van der Waals surface area contributed by atoms with Crippen LogP contribution in [0.1, 0.15) is 11.4 Å². The third-order valence-electron chi connectivity index (χ3n) is 7.74. The van der Waals surface area contributed by atoms with E-state index in [2.05, 4.69) is 25.0 Å². The van der Waals surface area contributed by atoms with Crippen LogP contribution in [0.5, 0.6) is 0 Å². The normalized spacial score (nSPS) is 12.9. The van der Waals surface area contributed by atoms with Crippen molar-refractivity contribution in [2.75, 3.05) is 0 Å². The van der Waals surface area contributed by atoms with Crippen molar-refractivity contribution in [1.82, 2.24) is 9.97 Å². The minimum Gasteiger partial charge on any atom is -0.261 e. The summed E-state index contributed by atoms with van der Waals surface area (Å²) in [6.07, 6.45) is 0.375. The number of nitriles is 1. The molecule has 0 bridgehead atoms. The smallest absolute Gasteiger partial charge is 0.261 e. The average molecular weight is 567 g/mol. The second-order valence-electron chi connectivity index (χ2n) is 10.2. The van der Waals surface area contributed by atoms with Gasteiger partial charge >= 0.3 is 6.18 Å². The SMILES string of the molecule is [C-]#[N+]/N=c1\c2cc(-c3ccc(C)nc3)ccc2c2cc3c(=NC#N)c4cc(-c5ccc(C(F)(F)F)nc5)ccc4c3cc12. The Kier molecular flexibility index (Phi) is 5.79. The number of aromatic nitrogens is 2. The van der Waals surface area contributed by atoms with E-state index in [0.29, 0.717) is 27.2 Å². The molecule has 6 nitrogen and oxygen atoms in total. The fourth-order valence-corrected chi connectivity index (χ4v) is 5.74. The van der Waals surface area contributed by atoms with Gasteiger partial charge in [0.05, 0.1) is 10.5 Å². The van der Waals surface area contributed by atoms with Gasteiger partial charge in [-0.05, 0) is 76.0 Å². The molecular formula is C34H17F3N6. The Morgan fingerprint density at radius 3 is 1.72 bits per heavy atom. The van der Waals surface area contributed by atoms with E-state index in [1.165, 1.54) is 12.3 Å². The molecule has 0 radical (unpaired) electrons. The summed E-state index contributed by atoms with van der Waals surface area (Å²) in [5.41, 5.74) is 3.00. The lowest BCUT2D eigenvalue weighted by atomic mass is 10.0. The van der Waals surface area contributed by atoms with Crippen molar-refractivity contribution >= 4 is 43.1 Å². The van der Waals surface area contributed by atoms with Crippen LogP contribution >= 0.6 is 0 Å². The number of hydrogen-bond acceptors (Lipinski definition) is 5. The van der Waals surface area contributed by atoms with Crippen LogP contribution in [-0.4, -0.2) is 9.97 Å². The van der Waals surface area contributed by atoms with Gasteiger partial charge in [0.1, 0.15) is 5.69 Å². The van der Waals surface area contributed by atoms with Gasteiger partial charge in [0.2, 0.25) is 6.19 Å². The molecule has 0 aliphatic carbocycles. The maximum Gasteiger partial charge on any atom is 0.433 e. The van der Waals surface area contributed by atoms with Crippen LogP contribution in [0.25, 0.3) is 70.3 Å². The van der Waals surface area contributed by atoms with Gasteiger partial charge in [-0.15, -0.1) is 4.95 Å². The van der Waals surface area contributed by atoms with E-state index >= 15 is 0 Å². The maximum absolute atomic E-state index is 13.0. The highest BCUT2D eigenvalue weighted by Gasteiger charge is 2.32. The second-order valence-corrected chi connectivity index (χ2v) is 10.2. The third-order valence-corrected chi connectivity index (χ3v) is 7.74. The monoisotopic (exact) mass is 566 g/mol. The summed E-state index contributed by atoms with van der Waals surface area (Å²) >= 11 is 0. The molecule has 0 fully saturated rings. The van der Waals surface area contributed by atoms with E-state index < -0.39 is 11.9 Å². The molecule has 204 valence electrons. The molecule has 0 aliphatic heterocycles. The number of pyridine rings is 2. The molecule has 0 unspecified atom stereocenters. The van der Waals surface area contributed by atoms with Crippen LogP contribution in [-0.2, 0) is 6.18 Å². The van der Waals surface area contributed by atoms with Crippen molar-refractivity contribution < 1.29 is 13.2 Å². The Morgan fingerprint density at radius 2 is 1.21 bits per heavy atom. The quantitative estimate of drug-likeness (QED) is 0.122. The Bertz CT molecular complexity index is 2450. The summed E-state index contributed by atoms with van der Waals surface area (Å²) in [7, 11) is 0. The molecule has 9 heteroatoms. The lowest BCUT2D eigenvalue weighted by Gasteiger charge is -2.07. The van der Waals surface area contributed by atoms with Crippen LogP contribution in [0.15, 0.2) is 95.3 Å². The van der Waals surface area contributed by atoms with Gasteiger partial charge in [0.15, 0.2) is 5.36 Å². The minimum absolute atomic E-state index is 0.469. The summed E-state index contributed by atoms with van der Waals surface area (Å²) in [4.78, 5) is 15.5. The van der Waals surface area contributed by atoms with Gasteiger partial charge in [0, 0.05) is 50.8 Å². The number of halogens is 3. The van der Waals surface area contributed by atoms with Crippen molar-refractivity contribution in [2.45, 2.75) is 13.1 Å². The second kappa shape index (κ2) is 9.57. The molecule has 0 amide bonds. The summed E-state index contributed by atoms with van der Waals surface area (Å²) in [6, 6.07) is 21.7. The molecule has 43 heavy (non-hydrogen) atoms. The first-order valence-corrected chi connectivity index (χ1v) is 13.1. The number of hydrogen-bond donors (Lipinski definition) is 0. The standard InChI is InChI=1S/C34H17F3N6/c1-18-3-4-21(15-40-18)20-6-9-24-26-13-29-25(14-30(26)33(43-39-2)28(24)12-20)23-8-5-19(11-27(23)32(29)42-17-38)22-7-10-31(41-16-22)34(35,36)37/h3-16H,1H3/b42-32?,43-33+. The summed E-state index contributed by atoms with van der Waals surface area (Å²) in [6.45, 7) is 9.43. The molecule has 7 rings (SSSR count). The third kappa shape index (κ3) is 4.18. The first-order valence-electron chi connectivity index (χ1n) is 13.1. The Balaban J connectivity index is 1.48. The predicted octanol–water partition coefficient (Wildman–Crippen LogP) is 7.74. The Labute approximate surface area is 241 Å². The van der Waals surface area contributed by atoms with Crippen molar-refractivity contribution in [3.05, 3.63) is 119 Å². The van der Waals surface area contributed by atoms with E-state index in [1.54, 1.807) is 6.07 Å². The minimum atomic E-state index is -4.53. The largest absolute Gasteiger partial charge is 0.433 e. The highest BCUT2D eigenvalue weighted by molar-refractivity contribution is 6.21. The predicted molar refractivity (Wildman–Crippen MR) is 158 cm³/mol. The van der Waals surface area contributed by atoms with E-state index in [9.17, 15) is 18.4 Å². The van der Waals surface area contributed by atoms with E-state index in [4.69, 9.17) is 6.57 Å². The summed E-state index contributed by atoms with van der Waals surface area (Å²) < 4.78 is 39.1. The van der Waals surface area contributed by atoms with Crippen LogP contribution < -0.4 is 10.7 Å². The highest BCUT2D eigenvalue weighted by atomic mass is 19.4. The maximum atomic E-state index is 13.0. The van der Waals surface area contributed by atoms with Gasteiger partial charge in [-0.1, -0.05) is 36.4 Å². The lowest BCUT2D eigenvalue weighted by molar-refractivity contribution is -0.141. The van der Waals surface area contributed by atoms with Gasteiger partial charge in [-0.25, -0.2) is 0 Å². The summed E-state index contributed by atoms with van der Waals surface area (Å²) in [5, 5.41) is 21.3. The Morgan fingerprint density at radius 1 is 0.674 bits per heavy atom. The van der Waals surface area contributed by atoms with Crippen molar-refractivity contribution in [2.24, 2.45) is 10.1 Å². The molecule has 0 aliphatic rings. The zero-order chi connectivity index (χ0) is 29.9. The number of aryl methyl sites for hydroxylation is 1. The fraction of sp³-hybridized carbons (Fsp3) is 0.0588. The number of rotatable bonds is 2. The zero-order valence-electron chi connectivity index (χ0n) is 22.4. The fourth-order valence-electron chi connectivity index (χ4n) is 5.74.